The number of hydrogen-bond acceptors (Lipinski definition) is 4. The molecule has 6 heteroatoms. The van der Waals surface area contributed by atoms with Crippen LogP contribution in [0.3, 0.4) is 0 Å². The molecular weight excluding hydrogens is 314 g/mol. The van der Waals surface area contributed by atoms with Crippen molar-refractivity contribution in [3.8, 4) is 0 Å². The summed E-state index contributed by atoms with van der Waals surface area (Å²) >= 11 is 0. The second-order valence-electron chi connectivity index (χ2n) is 8.11. The van der Waals surface area contributed by atoms with E-state index in [2.05, 4.69) is 67.1 Å². The van der Waals surface area contributed by atoms with Gasteiger partial charge in [-0.3, -0.25) is 0 Å². The van der Waals surface area contributed by atoms with Gasteiger partial charge in [-0.25, -0.2) is 9.98 Å². The predicted octanol–water partition coefficient (Wildman–Crippen LogP) is 2.90. The van der Waals surface area contributed by atoms with Gasteiger partial charge in [-0.05, 0) is 33.6 Å². The summed E-state index contributed by atoms with van der Waals surface area (Å²) in [6.07, 6.45) is 4.11. The van der Waals surface area contributed by atoms with Crippen LogP contribution in [-0.4, -0.2) is 47.6 Å². The lowest BCUT2D eigenvalue weighted by Gasteiger charge is -2.35. The van der Waals surface area contributed by atoms with Gasteiger partial charge in [0, 0.05) is 37.1 Å². The summed E-state index contributed by atoms with van der Waals surface area (Å²) in [5, 5.41) is 6.89. The average Bonchev–Trinajstić information content (AvgIpc) is 3.02. The van der Waals surface area contributed by atoms with E-state index in [4.69, 9.17) is 4.42 Å². The summed E-state index contributed by atoms with van der Waals surface area (Å²) in [6.45, 7) is 16.6. The summed E-state index contributed by atoms with van der Waals surface area (Å²) in [5.74, 6) is 2.41. The Morgan fingerprint density at radius 3 is 2.56 bits per heavy atom. The van der Waals surface area contributed by atoms with Crippen LogP contribution < -0.4 is 10.6 Å². The topological polar surface area (TPSA) is 65.7 Å². The van der Waals surface area contributed by atoms with Gasteiger partial charge in [-0.15, -0.1) is 0 Å². The first kappa shape index (κ1) is 19.8. The van der Waals surface area contributed by atoms with Crippen LogP contribution in [0.4, 0.5) is 0 Å². The number of guanidine groups is 1. The van der Waals surface area contributed by atoms with Crippen molar-refractivity contribution in [3.63, 3.8) is 0 Å². The van der Waals surface area contributed by atoms with Gasteiger partial charge >= 0.3 is 0 Å². The lowest BCUT2D eigenvalue weighted by Crippen LogP contribution is -2.49. The molecule has 1 aromatic heterocycles. The number of oxazole rings is 1. The largest absolute Gasteiger partial charge is 0.443 e. The van der Waals surface area contributed by atoms with Crippen molar-refractivity contribution in [1.82, 2.24) is 20.5 Å². The molecule has 0 amide bonds. The van der Waals surface area contributed by atoms with E-state index in [0.717, 1.165) is 44.2 Å². The number of nitrogens with one attached hydrogen (secondary N) is 2. The van der Waals surface area contributed by atoms with E-state index in [9.17, 15) is 0 Å². The van der Waals surface area contributed by atoms with Crippen LogP contribution in [-0.2, 0) is 12.0 Å². The molecule has 0 unspecified atom stereocenters. The van der Waals surface area contributed by atoms with Crippen LogP contribution in [0.2, 0.25) is 0 Å². The van der Waals surface area contributed by atoms with Crippen LogP contribution in [0.1, 0.15) is 66.0 Å². The third-order valence-corrected chi connectivity index (χ3v) is 4.61. The van der Waals surface area contributed by atoms with Gasteiger partial charge in [-0.1, -0.05) is 20.8 Å². The number of likely N-dealkylation sites (tertiary alicyclic amines) is 1. The van der Waals surface area contributed by atoms with Gasteiger partial charge in [0.2, 0.25) is 5.89 Å². The molecular formula is C19H35N5O. The monoisotopic (exact) mass is 349 g/mol. The minimum absolute atomic E-state index is 0.0257. The van der Waals surface area contributed by atoms with E-state index in [1.165, 1.54) is 0 Å². The molecule has 1 aliphatic heterocycles. The van der Waals surface area contributed by atoms with Gasteiger partial charge in [0.1, 0.15) is 12.3 Å². The molecule has 1 aliphatic rings. The molecule has 6 nitrogen and oxygen atoms in total. The summed E-state index contributed by atoms with van der Waals surface area (Å²) in [5.41, 5.74) is -0.0257. The first-order valence-corrected chi connectivity index (χ1v) is 9.53. The van der Waals surface area contributed by atoms with Crippen LogP contribution in [0.15, 0.2) is 15.6 Å². The highest BCUT2D eigenvalue weighted by Gasteiger charge is 2.22. The van der Waals surface area contributed by atoms with E-state index in [1.54, 1.807) is 0 Å². The molecule has 1 aromatic rings. The zero-order chi connectivity index (χ0) is 18.4. The Balaban J connectivity index is 1.91. The number of piperidine rings is 1. The fourth-order valence-electron chi connectivity index (χ4n) is 2.95. The number of rotatable bonds is 5. The van der Waals surface area contributed by atoms with E-state index < -0.39 is 0 Å². The molecule has 0 bridgehead atoms. The molecule has 25 heavy (non-hydrogen) atoms. The van der Waals surface area contributed by atoms with Gasteiger partial charge in [0.15, 0.2) is 5.96 Å². The molecule has 1 saturated heterocycles. The van der Waals surface area contributed by atoms with Crippen molar-refractivity contribution in [2.24, 2.45) is 4.99 Å². The zero-order valence-electron chi connectivity index (χ0n) is 16.7. The second kappa shape index (κ2) is 8.70. The van der Waals surface area contributed by atoms with Crippen molar-refractivity contribution in [2.75, 3.05) is 19.6 Å². The van der Waals surface area contributed by atoms with Gasteiger partial charge < -0.3 is 20.0 Å². The summed E-state index contributed by atoms with van der Waals surface area (Å²) in [4.78, 5) is 11.5. The van der Waals surface area contributed by atoms with Gasteiger partial charge in [0.05, 0.1) is 6.20 Å². The Kier molecular flexibility index (Phi) is 6.87. The normalized spacial score (nSPS) is 18.0. The van der Waals surface area contributed by atoms with Crippen molar-refractivity contribution in [2.45, 2.75) is 78.4 Å². The Morgan fingerprint density at radius 1 is 1.36 bits per heavy atom. The molecule has 142 valence electrons. The number of aromatic nitrogens is 1. The maximum Gasteiger partial charge on any atom is 0.216 e. The van der Waals surface area contributed by atoms with E-state index in [0.29, 0.717) is 24.5 Å². The molecule has 1 fully saturated rings. The first-order valence-electron chi connectivity index (χ1n) is 9.53. The quantitative estimate of drug-likeness (QED) is 0.632. The van der Waals surface area contributed by atoms with Crippen LogP contribution in [0, 0.1) is 0 Å². The highest BCUT2D eigenvalue weighted by molar-refractivity contribution is 5.80. The first-order chi connectivity index (χ1) is 11.8. The Labute approximate surface area is 152 Å². The molecule has 2 rings (SSSR count). The highest BCUT2D eigenvalue weighted by atomic mass is 16.4. The Morgan fingerprint density at radius 2 is 2.04 bits per heavy atom. The maximum absolute atomic E-state index is 5.83. The third kappa shape index (κ3) is 6.03. The molecule has 2 N–H and O–H groups in total. The van der Waals surface area contributed by atoms with Crippen LogP contribution >= 0.6 is 0 Å². The van der Waals surface area contributed by atoms with E-state index in [-0.39, 0.29) is 5.41 Å². The van der Waals surface area contributed by atoms with E-state index >= 15 is 0 Å². The molecule has 0 spiro atoms. The second-order valence-corrected chi connectivity index (χ2v) is 8.11. The summed E-state index contributed by atoms with van der Waals surface area (Å²) in [7, 11) is 0. The lowest BCUT2D eigenvalue weighted by molar-refractivity contribution is 0.167. The average molecular weight is 350 g/mol. The van der Waals surface area contributed by atoms with Crippen LogP contribution in [0.25, 0.3) is 0 Å². The van der Waals surface area contributed by atoms with Crippen LogP contribution in [0.5, 0.6) is 0 Å². The number of aliphatic imine (C=N–C) groups is 1. The molecule has 0 atom stereocenters. The third-order valence-electron chi connectivity index (χ3n) is 4.61. The Hall–Kier alpha value is -1.56. The SMILES string of the molecule is CCNC(=NCc1ncc(C(C)(C)C)o1)NC1CCN(C(C)C)CC1. The number of nitrogens with zero attached hydrogens (tertiary/aromatic N) is 3. The Bertz CT molecular complexity index is 550. The van der Waals surface area contributed by atoms with Crippen molar-refractivity contribution < 1.29 is 4.42 Å². The standard InChI is InChI=1S/C19H35N5O/c1-7-20-18(23-15-8-10-24(11-9-15)14(2)3)22-13-17-21-12-16(25-17)19(4,5)6/h12,14-15H,7-11,13H2,1-6H3,(H2,20,22,23). The fraction of sp³-hybridized carbons (Fsp3) is 0.789. The smallest absolute Gasteiger partial charge is 0.216 e. The van der Waals surface area contributed by atoms with Crippen molar-refractivity contribution in [3.05, 3.63) is 17.8 Å². The van der Waals surface area contributed by atoms with Gasteiger partial charge in [-0.2, -0.15) is 0 Å². The minimum atomic E-state index is -0.0257. The van der Waals surface area contributed by atoms with E-state index in [1.807, 2.05) is 6.20 Å². The predicted molar refractivity (Wildman–Crippen MR) is 103 cm³/mol. The highest BCUT2D eigenvalue weighted by Crippen LogP contribution is 2.22. The molecule has 0 radical (unpaired) electrons. The summed E-state index contributed by atoms with van der Waals surface area (Å²) in [6, 6.07) is 1.10. The van der Waals surface area contributed by atoms with Crippen molar-refractivity contribution in [1.29, 1.82) is 0 Å². The van der Waals surface area contributed by atoms with Gasteiger partial charge in [0.25, 0.3) is 0 Å². The molecule has 0 aromatic carbocycles. The fourth-order valence-corrected chi connectivity index (χ4v) is 2.95. The lowest BCUT2D eigenvalue weighted by atomic mass is 9.94. The molecule has 2 heterocycles. The maximum atomic E-state index is 5.83. The minimum Gasteiger partial charge on any atom is -0.443 e. The van der Waals surface area contributed by atoms with Crippen molar-refractivity contribution >= 4 is 5.96 Å². The summed E-state index contributed by atoms with van der Waals surface area (Å²) < 4.78 is 5.83. The number of hydrogen-bond donors (Lipinski definition) is 2. The molecule has 0 aliphatic carbocycles. The zero-order valence-corrected chi connectivity index (χ0v) is 16.7. The molecule has 0 saturated carbocycles.